The van der Waals surface area contributed by atoms with Crippen molar-refractivity contribution in [3.63, 3.8) is 0 Å². The number of aromatic nitrogens is 1. The summed E-state index contributed by atoms with van der Waals surface area (Å²) in [5.74, 6) is 0.456. The molecule has 7 heteroatoms. The van der Waals surface area contributed by atoms with Crippen LogP contribution in [0.1, 0.15) is 35.8 Å². The lowest BCUT2D eigenvalue weighted by molar-refractivity contribution is -0.184. The van der Waals surface area contributed by atoms with Crippen molar-refractivity contribution < 1.29 is 23.8 Å². The number of nitrogens with zero attached hydrogens (tertiary/aromatic N) is 2. The van der Waals surface area contributed by atoms with E-state index in [2.05, 4.69) is 11.8 Å². The lowest BCUT2D eigenvalue weighted by Gasteiger charge is -2.57. The SMILES string of the molecule is COC(=O)[C@]12C[C@H]3CC4[C@H](C)OCN(CCc5c1n(c1cc(OC)ccc51)C3=O)[C@@H]42. The predicted molar refractivity (Wildman–Crippen MR) is 109 cm³/mol. The van der Waals surface area contributed by atoms with Crippen molar-refractivity contribution >= 4 is 22.8 Å². The smallest absolute Gasteiger partial charge is 0.319 e. The van der Waals surface area contributed by atoms with E-state index in [9.17, 15) is 9.59 Å². The maximum Gasteiger partial charge on any atom is 0.319 e. The van der Waals surface area contributed by atoms with Gasteiger partial charge in [-0.25, -0.2) is 0 Å². The molecule has 5 atom stereocenters. The predicted octanol–water partition coefficient (Wildman–Crippen LogP) is 2.34. The van der Waals surface area contributed by atoms with Gasteiger partial charge in [0.1, 0.15) is 11.2 Å². The van der Waals surface area contributed by atoms with Crippen molar-refractivity contribution in [1.82, 2.24) is 9.47 Å². The summed E-state index contributed by atoms with van der Waals surface area (Å²) < 4.78 is 18.8. The highest BCUT2D eigenvalue weighted by Gasteiger charge is 2.66. The number of benzene rings is 1. The number of fused-ring (bicyclic) bond motifs is 4. The van der Waals surface area contributed by atoms with Crippen LogP contribution in [-0.4, -0.2) is 61.0 Å². The zero-order valence-corrected chi connectivity index (χ0v) is 17.5. The average Bonchev–Trinajstić information content (AvgIpc) is 3.01. The van der Waals surface area contributed by atoms with E-state index in [4.69, 9.17) is 14.2 Å². The first-order valence-corrected chi connectivity index (χ1v) is 10.7. The van der Waals surface area contributed by atoms with Crippen molar-refractivity contribution in [3.8, 4) is 5.75 Å². The van der Waals surface area contributed by atoms with Crippen LogP contribution in [0.3, 0.4) is 0 Å². The van der Waals surface area contributed by atoms with Gasteiger partial charge in [-0.1, -0.05) is 0 Å². The van der Waals surface area contributed by atoms with Gasteiger partial charge in [0.15, 0.2) is 0 Å². The van der Waals surface area contributed by atoms with Gasteiger partial charge in [0, 0.05) is 41.6 Å². The van der Waals surface area contributed by atoms with Gasteiger partial charge in [0.2, 0.25) is 5.91 Å². The molecule has 2 bridgehead atoms. The molecule has 1 saturated carbocycles. The van der Waals surface area contributed by atoms with Crippen molar-refractivity contribution in [3.05, 3.63) is 29.5 Å². The Bertz CT molecular complexity index is 1090. The summed E-state index contributed by atoms with van der Waals surface area (Å²) in [5, 5.41) is 1.03. The van der Waals surface area contributed by atoms with E-state index >= 15 is 0 Å². The summed E-state index contributed by atoms with van der Waals surface area (Å²) in [5.41, 5.74) is 1.93. The van der Waals surface area contributed by atoms with Crippen LogP contribution in [0.25, 0.3) is 10.9 Å². The summed E-state index contributed by atoms with van der Waals surface area (Å²) in [4.78, 5) is 29.7. The fourth-order valence-electron chi connectivity index (χ4n) is 6.83. The zero-order chi connectivity index (χ0) is 20.8. The van der Waals surface area contributed by atoms with Crippen LogP contribution in [0.4, 0.5) is 0 Å². The van der Waals surface area contributed by atoms with E-state index in [1.165, 1.54) is 7.11 Å². The highest BCUT2D eigenvalue weighted by molar-refractivity contribution is 6.03. The van der Waals surface area contributed by atoms with Crippen LogP contribution in [0.5, 0.6) is 5.75 Å². The largest absolute Gasteiger partial charge is 0.497 e. The molecular weight excluding hydrogens is 384 g/mol. The zero-order valence-electron chi connectivity index (χ0n) is 17.5. The van der Waals surface area contributed by atoms with E-state index < -0.39 is 5.41 Å². The van der Waals surface area contributed by atoms with Gasteiger partial charge in [0.05, 0.1) is 32.6 Å². The van der Waals surface area contributed by atoms with Gasteiger partial charge >= 0.3 is 5.97 Å². The Morgan fingerprint density at radius 3 is 2.90 bits per heavy atom. The average molecular weight is 410 g/mol. The first-order chi connectivity index (χ1) is 14.5. The number of ether oxygens (including phenoxy) is 3. The third kappa shape index (κ3) is 2.02. The van der Waals surface area contributed by atoms with E-state index in [0.717, 1.165) is 41.5 Å². The number of esters is 1. The van der Waals surface area contributed by atoms with Crippen LogP contribution in [-0.2, 0) is 26.1 Å². The van der Waals surface area contributed by atoms with E-state index in [0.29, 0.717) is 18.9 Å². The minimum atomic E-state index is -0.855. The molecule has 0 amide bonds. The summed E-state index contributed by atoms with van der Waals surface area (Å²) >= 11 is 0. The van der Waals surface area contributed by atoms with Gasteiger partial charge in [0.25, 0.3) is 0 Å². The van der Waals surface area contributed by atoms with Crippen LogP contribution >= 0.6 is 0 Å². The lowest BCUT2D eigenvalue weighted by Crippen LogP contribution is -2.69. The third-order valence-electron chi connectivity index (χ3n) is 8.01. The number of methoxy groups -OCH3 is 2. The van der Waals surface area contributed by atoms with Crippen LogP contribution < -0.4 is 4.74 Å². The number of rotatable bonds is 2. The van der Waals surface area contributed by atoms with E-state index in [1.54, 1.807) is 7.11 Å². The molecule has 30 heavy (non-hydrogen) atoms. The lowest BCUT2D eigenvalue weighted by atomic mass is 9.56. The summed E-state index contributed by atoms with van der Waals surface area (Å²) in [6.45, 7) is 3.38. The molecule has 4 aliphatic rings. The van der Waals surface area contributed by atoms with Crippen LogP contribution in [0.2, 0.25) is 0 Å². The van der Waals surface area contributed by atoms with Gasteiger partial charge in [-0.05, 0) is 43.9 Å². The van der Waals surface area contributed by atoms with Crippen molar-refractivity contribution in [2.45, 2.75) is 43.7 Å². The maximum atomic E-state index is 13.7. The molecular formula is C23H26N2O5. The standard InChI is InChI=1S/C23H26N2O5/c1-12-17-8-13-10-23(22(27)29-3)19(17)24(11-30-12)7-6-16-15-5-4-14(28-2)9-18(15)25(20(16)23)21(13)26/h4-5,9,12-13,17,19H,6-8,10-11H2,1-3H3/t12-,13+,17?,19-,23-/m0/s1. The van der Waals surface area contributed by atoms with Gasteiger partial charge in [-0.3, -0.25) is 19.1 Å². The summed E-state index contributed by atoms with van der Waals surface area (Å²) in [7, 11) is 3.09. The van der Waals surface area contributed by atoms with Crippen molar-refractivity contribution in [2.75, 3.05) is 27.5 Å². The Morgan fingerprint density at radius 1 is 1.30 bits per heavy atom. The van der Waals surface area contributed by atoms with Crippen molar-refractivity contribution in [2.24, 2.45) is 11.8 Å². The van der Waals surface area contributed by atoms with E-state index in [-0.39, 0.29) is 35.9 Å². The Labute approximate surface area is 174 Å². The molecule has 1 aromatic carbocycles. The first kappa shape index (κ1) is 18.4. The second kappa shape index (κ2) is 6.08. The molecule has 7 nitrogen and oxygen atoms in total. The fourth-order valence-corrected chi connectivity index (χ4v) is 6.83. The molecule has 0 N–H and O–H groups in total. The van der Waals surface area contributed by atoms with Gasteiger partial charge in [-0.2, -0.15) is 0 Å². The highest BCUT2D eigenvalue weighted by atomic mass is 16.5. The number of hydrogen-bond acceptors (Lipinski definition) is 6. The Morgan fingerprint density at radius 2 is 2.13 bits per heavy atom. The fraction of sp³-hybridized carbons (Fsp3) is 0.565. The molecule has 1 saturated heterocycles. The third-order valence-corrected chi connectivity index (χ3v) is 8.01. The second-order valence-corrected chi connectivity index (χ2v) is 9.16. The van der Waals surface area contributed by atoms with Gasteiger partial charge in [-0.15, -0.1) is 0 Å². The molecule has 2 fully saturated rings. The number of carbonyl (C=O) groups excluding carboxylic acids is 2. The van der Waals surface area contributed by atoms with E-state index in [1.807, 2.05) is 22.8 Å². The van der Waals surface area contributed by atoms with Crippen LogP contribution in [0, 0.1) is 11.8 Å². The molecule has 158 valence electrons. The van der Waals surface area contributed by atoms with Crippen molar-refractivity contribution in [1.29, 1.82) is 0 Å². The maximum absolute atomic E-state index is 13.7. The number of carbonyl (C=O) groups is 2. The highest BCUT2D eigenvalue weighted by Crippen LogP contribution is 2.57. The quantitative estimate of drug-likeness (QED) is 0.708. The molecule has 1 unspecified atom stereocenters. The normalized spacial score (nSPS) is 34.6. The number of hydrogen-bond donors (Lipinski definition) is 0. The Balaban J connectivity index is 1.74. The molecule has 0 spiro atoms. The molecule has 6 rings (SSSR count). The second-order valence-electron chi connectivity index (χ2n) is 9.16. The van der Waals surface area contributed by atoms with Gasteiger partial charge < -0.3 is 14.2 Å². The molecule has 2 aromatic rings. The Kier molecular flexibility index (Phi) is 3.73. The topological polar surface area (TPSA) is 70.0 Å². The Hall–Kier alpha value is -2.38. The summed E-state index contributed by atoms with van der Waals surface area (Å²) in [6.07, 6.45) is 2.02. The molecule has 1 aliphatic carbocycles. The monoisotopic (exact) mass is 410 g/mol. The molecule has 0 radical (unpaired) electrons. The molecule has 3 aliphatic heterocycles. The minimum Gasteiger partial charge on any atom is -0.497 e. The summed E-state index contributed by atoms with van der Waals surface area (Å²) in [6, 6.07) is 5.86. The molecule has 4 heterocycles. The van der Waals surface area contributed by atoms with Crippen LogP contribution in [0.15, 0.2) is 18.2 Å². The first-order valence-electron chi connectivity index (χ1n) is 10.7. The minimum absolute atomic E-state index is 0.00320. The molecule has 1 aromatic heterocycles.